The normalized spacial score (nSPS) is 11.4. The first-order valence-corrected chi connectivity index (χ1v) is 8.06. The van der Waals surface area contributed by atoms with Gasteiger partial charge in [-0.25, -0.2) is 4.79 Å². The van der Waals surface area contributed by atoms with Crippen molar-refractivity contribution in [1.82, 2.24) is 16.0 Å². The number of carbonyl (C=O) groups is 2. The van der Waals surface area contributed by atoms with Crippen LogP contribution >= 0.6 is 0 Å². The van der Waals surface area contributed by atoms with Crippen molar-refractivity contribution < 1.29 is 14.3 Å². The molecule has 0 spiro atoms. The predicted octanol–water partition coefficient (Wildman–Crippen LogP) is 1.31. The zero-order valence-corrected chi connectivity index (χ0v) is 15.2. The molecule has 0 aliphatic carbocycles. The molecule has 0 bridgehead atoms. The molecule has 0 atom stereocenters. The van der Waals surface area contributed by atoms with Crippen molar-refractivity contribution in [2.75, 3.05) is 32.0 Å². The number of hydrogen-bond acceptors (Lipinski definition) is 4. The van der Waals surface area contributed by atoms with Crippen molar-refractivity contribution in [1.29, 1.82) is 0 Å². The number of rotatable bonds is 6. The monoisotopic (exact) mass is 349 g/mol. The molecule has 0 aliphatic rings. The summed E-state index contributed by atoms with van der Waals surface area (Å²) >= 11 is 0. The van der Waals surface area contributed by atoms with Gasteiger partial charge in [0.05, 0.1) is 6.54 Å². The molecule has 1 rings (SSSR count). The maximum absolute atomic E-state index is 11.9. The van der Waals surface area contributed by atoms with E-state index in [-0.39, 0.29) is 12.5 Å². The second-order valence-corrected chi connectivity index (χ2v) is 6.20. The molecule has 2 amide bonds. The number of alkyl carbamates (subject to hydrolysis) is 1. The highest BCUT2D eigenvalue weighted by Gasteiger charge is 2.15. The lowest BCUT2D eigenvalue weighted by atomic mass is 10.2. The molecule has 1 aromatic rings. The number of para-hydroxylation sites is 1. The van der Waals surface area contributed by atoms with Gasteiger partial charge in [0.25, 0.3) is 0 Å². The van der Waals surface area contributed by atoms with Crippen molar-refractivity contribution in [3.8, 4) is 0 Å². The molecule has 1 aromatic carbocycles. The van der Waals surface area contributed by atoms with Crippen LogP contribution in [0.3, 0.4) is 0 Å². The largest absolute Gasteiger partial charge is 0.444 e. The molecule has 138 valence electrons. The van der Waals surface area contributed by atoms with E-state index in [1.165, 1.54) is 0 Å². The van der Waals surface area contributed by atoms with Crippen LogP contribution in [0.5, 0.6) is 0 Å². The summed E-state index contributed by atoms with van der Waals surface area (Å²) in [5, 5.41) is 11.3. The van der Waals surface area contributed by atoms with E-state index in [2.05, 4.69) is 26.3 Å². The Balaban J connectivity index is 2.22. The Morgan fingerprint density at radius 1 is 1.04 bits per heavy atom. The fourth-order valence-electron chi connectivity index (χ4n) is 1.77. The van der Waals surface area contributed by atoms with Crippen LogP contribution in [0.1, 0.15) is 20.8 Å². The summed E-state index contributed by atoms with van der Waals surface area (Å²) in [5.74, 6) is 0.287. The molecule has 0 saturated carbocycles. The van der Waals surface area contributed by atoms with Gasteiger partial charge < -0.3 is 26.0 Å². The zero-order chi connectivity index (χ0) is 18.7. The van der Waals surface area contributed by atoms with Gasteiger partial charge in [-0.05, 0) is 32.9 Å². The lowest BCUT2D eigenvalue weighted by Gasteiger charge is -2.19. The van der Waals surface area contributed by atoms with Gasteiger partial charge in [-0.2, -0.15) is 0 Å². The van der Waals surface area contributed by atoms with Crippen LogP contribution in [0.15, 0.2) is 35.3 Å². The molecule has 8 nitrogen and oxygen atoms in total. The van der Waals surface area contributed by atoms with Gasteiger partial charge in [0.2, 0.25) is 5.91 Å². The summed E-state index contributed by atoms with van der Waals surface area (Å²) in [5.41, 5.74) is 0.208. The highest BCUT2D eigenvalue weighted by molar-refractivity contribution is 5.94. The summed E-state index contributed by atoms with van der Waals surface area (Å²) < 4.78 is 5.13. The minimum atomic E-state index is -0.527. The second-order valence-electron chi connectivity index (χ2n) is 6.20. The Morgan fingerprint density at radius 2 is 1.68 bits per heavy atom. The number of carbonyl (C=O) groups excluding carboxylic acids is 2. The number of ether oxygens (including phenoxy) is 1. The SMILES string of the molecule is CN=C(NCCNC(=O)OC(C)(C)C)NCC(=O)Nc1ccccc1. The number of nitrogens with one attached hydrogen (secondary N) is 4. The average molecular weight is 349 g/mol. The van der Waals surface area contributed by atoms with Crippen molar-refractivity contribution in [3.05, 3.63) is 30.3 Å². The molecule has 0 aliphatic heterocycles. The van der Waals surface area contributed by atoms with Crippen molar-refractivity contribution in [2.45, 2.75) is 26.4 Å². The Hall–Kier alpha value is -2.77. The predicted molar refractivity (Wildman–Crippen MR) is 98.7 cm³/mol. The van der Waals surface area contributed by atoms with E-state index in [1.807, 2.05) is 30.3 Å². The maximum atomic E-state index is 11.9. The quantitative estimate of drug-likeness (QED) is 0.352. The van der Waals surface area contributed by atoms with Crippen molar-refractivity contribution in [3.63, 3.8) is 0 Å². The van der Waals surface area contributed by atoms with E-state index in [0.29, 0.717) is 19.0 Å². The third-order valence-electron chi connectivity index (χ3n) is 2.78. The fraction of sp³-hybridized carbons (Fsp3) is 0.471. The van der Waals surface area contributed by atoms with Crippen LogP contribution < -0.4 is 21.3 Å². The molecule has 25 heavy (non-hydrogen) atoms. The van der Waals surface area contributed by atoms with Crippen LogP contribution in [0, 0.1) is 0 Å². The number of nitrogens with zero attached hydrogens (tertiary/aromatic N) is 1. The third-order valence-corrected chi connectivity index (χ3v) is 2.78. The van der Waals surface area contributed by atoms with Gasteiger partial charge in [-0.15, -0.1) is 0 Å². The maximum Gasteiger partial charge on any atom is 0.407 e. The lowest BCUT2D eigenvalue weighted by Crippen LogP contribution is -2.44. The van der Waals surface area contributed by atoms with E-state index < -0.39 is 11.7 Å². The minimum Gasteiger partial charge on any atom is -0.444 e. The zero-order valence-electron chi connectivity index (χ0n) is 15.2. The smallest absolute Gasteiger partial charge is 0.407 e. The summed E-state index contributed by atoms with van der Waals surface area (Å²) in [6.07, 6.45) is -0.473. The molecule has 0 saturated heterocycles. The van der Waals surface area contributed by atoms with E-state index in [0.717, 1.165) is 5.69 Å². The highest BCUT2D eigenvalue weighted by atomic mass is 16.6. The Labute approximate surface area is 148 Å². The lowest BCUT2D eigenvalue weighted by molar-refractivity contribution is -0.115. The molecule has 0 unspecified atom stereocenters. The van der Waals surface area contributed by atoms with Gasteiger partial charge in [-0.3, -0.25) is 9.79 Å². The number of benzene rings is 1. The van der Waals surface area contributed by atoms with Gasteiger partial charge in [0.1, 0.15) is 5.60 Å². The standard InChI is InChI=1S/C17H27N5O3/c1-17(2,3)25-16(24)20-11-10-19-15(18-4)21-12-14(23)22-13-8-6-5-7-9-13/h5-9H,10-12H2,1-4H3,(H,20,24)(H,22,23)(H2,18,19,21). The van der Waals surface area contributed by atoms with Gasteiger partial charge in [0, 0.05) is 25.8 Å². The molecule has 0 aromatic heterocycles. The molecular formula is C17H27N5O3. The van der Waals surface area contributed by atoms with Crippen LogP contribution in [0.4, 0.5) is 10.5 Å². The Morgan fingerprint density at radius 3 is 2.28 bits per heavy atom. The first-order valence-electron chi connectivity index (χ1n) is 8.06. The molecular weight excluding hydrogens is 322 g/mol. The topological polar surface area (TPSA) is 104 Å². The average Bonchev–Trinajstić information content (AvgIpc) is 2.53. The molecule has 8 heteroatoms. The van der Waals surface area contributed by atoms with Crippen LogP contribution in [-0.4, -0.2) is 50.2 Å². The summed E-state index contributed by atoms with van der Waals surface area (Å²) in [6.45, 7) is 6.30. The molecule has 4 N–H and O–H groups in total. The summed E-state index contributed by atoms with van der Waals surface area (Å²) in [4.78, 5) is 27.4. The molecule has 0 fully saturated rings. The van der Waals surface area contributed by atoms with E-state index >= 15 is 0 Å². The first kappa shape index (κ1) is 20.3. The number of amides is 2. The van der Waals surface area contributed by atoms with Gasteiger partial charge in [0.15, 0.2) is 5.96 Å². The fourth-order valence-corrected chi connectivity index (χ4v) is 1.77. The summed E-state index contributed by atoms with van der Waals surface area (Å²) in [6, 6.07) is 9.20. The van der Waals surface area contributed by atoms with Gasteiger partial charge >= 0.3 is 6.09 Å². The highest BCUT2D eigenvalue weighted by Crippen LogP contribution is 2.06. The van der Waals surface area contributed by atoms with E-state index in [9.17, 15) is 9.59 Å². The number of anilines is 1. The first-order chi connectivity index (χ1) is 11.8. The third kappa shape index (κ3) is 9.85. The molecule has 0 heterocycles. The van der Waals surface area contributed by atoms with E-state index in [1.54, 1.807) is 27.8 Å². The minimum absolute atomic E-state index is 0.0774. The number of hydrogen-bond donors (Lipinski definition) is 4. The Bertz CT molecular complexity index is 582. The van der Waals surface area contributed by atoms with Crippen LogP contribution in [0.25, 0.3) is 0 Å². The van der Waals surface area contributed by atoms with E-state index in [4.69, 9.17) is 4.74 Å². The van der Waals surface area contributed by atoms with Gasteiger partial charge in [-0.1, -0.05) is 18.2 Å². The Kier molecular flexibility index (Phi) is 8.25. The van der Waals surface area contributed by atoms with Crippen molar-refractivity contribution >= 4 is 23.6 Å². The summed E-state index contributed by atoms with van der Waals surface area (Å²) in [7, 11) is 1.60. The molecule has 0 radical (unpaired) electrons. The van der Waals surface area contributed by atoms with Crippen molar-refractivity contribution in [2.24, 2.45) is 4.99 Å². The van der Waals surface area contributed by atoms with Crippen LogP contribution in [0.2, 0.25) is 0 Å². The second kappa shape index (κ2) is 10.2. The number of guanidine groups is 1. The number of aliphatic imine (C=N–C) groups is 1. The van der Waals surface area contributed by atoms with Crippen LogP contribution in [-0.2, 0) is 9.53 Å².